The molecule has 0 atom stereocenters. The third kappa shape index (κ3) is 4.07. The minimum Gasteiger partial charge on any atom is -0.447 e. The predicted octanol–water partition coefficient (Wildman–Crippen LogP) is 4.25. The Morgan fingerprint density at radius 1 is 1.09 bits per heavy atom. The first-order chi connectivity index (χ1) is 16.2. The molecule has 9 heteroatoms. The zero-order valence-electron chi connectivity index (χ0n) is 18.0. The van der Waals surface area contributed by atoms with Gasteiger partial charge in [-0.25, -0.2) is 14.7 Å². The summed E-state index contributed by atoms with van der Waals surface area (Å²) in [4.78, 5) is 30.0. The van der Waals surface area contributed by atoms with Gasteiger partial charge in [0.1, 0.15) is 6.61 Å². The average molecular weight is 460 g/mol. The molecule has 33 heavy (non-hydrogen) atoms. The van der Waals surface area contributed by atoms with Crippen LogP contribution in [0.4, 0.5) is 4.79 Å². The van der Waals surface area contributed by atoms with E-state index in [2.05, 4.69) is 10.2 Å². The van der Waals surface area contributed by atoms with Gasteiger partial charge in [0, 0.05) is 23.1 Å². The molecule has 1 aliphatic rings. The largest absolute Gasteiger partial charge is 0.447 e. The van der Waals surface area contributed by atoms with Crippen LogP contribution in [-0.4, -0.2) is 55.6 Å². The van der Waals surface area contributed by atoms with Gasteiger partial charge in [-0.05, 0) is 19.1 Å². The van der Waals surface area contributed by atoms with Gasteiger partial charge >= 0.3 is 6.09 Å². The van der Waals surface area contributed by atoms with E-state index in [1.807, 2.05) is 72.2 Å². The molecule has 1 saturated heterocycles. The standard InChI is InChI=1S/C24H21N5O3S/c1-2-28-22(26-27-23(28)33-15-21(30)29-12-13-32-24(29)31)18-14-20(16-8-4-3-5-9-16)25-19-11-7-6-10-17(18)19/h3-11,14H,2,12-13,15H2,1H3. The number of thioether (sulfide) groups is 1. The lowest BCUT2D eigenvalue weighted by molar-refractivity contribution is -0.125. The fraction of sp³-hybridized carbons (Fsp3) is 0.208. The van der Waals surface area contributed by atoms with Gasteiger partial charge in [0.25, 0.3) is 0 Å². The molecule has 2 aromatic heterocycles. The van der Waals surface area contributed by atoms with E-state index < -0.39 is 6.09 Å². The molecular weight excluding hydrogens is 438 g/mol. The number of carbonyl (C=O) groups is 2. The first-order valence-electron chi connectivity index (χ1n) is 10.6. The van der Waals surface area contributed by atoms with Gasteiger partial charge in [-0.1, -0.05) is 60.3 Å². The predicted molar refractivity (Wildman–Crippen MR) is 126 cm³/mol. The van der Waals surface area contributed by atoms with Gasteiger partial charge in [0.15, 0.2) is 11.0 Å². The number of fused-ring (bicyclic) bond motifs is 1. The van der Waals surface area contributed by atoms with Crippen molar-refractivity contribution >= 4 is 34.7 Å². The minimum absolute atomic E-state index is 0.0829. The summed E-state index contributed by atoms with van der Waals surface area (Å²) in [6, 6.07) is 20.0. The van der Waals surface area contributed by atoms with E-state index in [1.165, 1.54) is 11.8 Å². The normalized spacial score (nSPS) is 13.5. The van der Waals surface area contributed by atoms with E-state index in [0.717, 1.165) is 32.6 Å². The molecule has 2 aromatic carbocycles. The van der Waals surface area contributed by atoms with E-state index in [-0.39, 0.29) is 24.8 Å². The molecule has 0 unspecified atom stereocenters. The maximum atomic E-state index is 12.4. The van der Waals surface area contributed by atoms with Crippen molar-refractivity contribution in [2.45, 2.75) is 18.6 Å². The highest BCUT2D eigenvalue weighted by Gasteiger charge is 2.28. The van der Waals surface area contributed by atoms with Crippen LogP contribution >= 0.6 is 11.8 Å². The lowest BCUT2D eigenvalue weighted by atomic mass is 10.0. The summed E-state index contributed by atoms with van der Waals surface area (Å²) in [6.07, 6.45) is -0.588. The number of carbonyl (C=O) groups excluding carboxylic acids is 2. The highest BCUT2D eigenvalue weighted by atomic mass is 32.2. The number of amides is 2. The monoisotopic (exact) mass is 459 g/mol. The fourth-order valence-electron chi connectivity index (χ4n) is 3.82. The van der Waals surface area contributed by atoms with Crippen LogP contribution in [0.1, 0.15) is 6.92 Å². The van der Waals surface area contributed by atoms with Crippen molar-refractivity contribution in [2.24, 2.45) is 0 Å². The lowest BCUT2D eigenvalue weighted by Gasteiger charge is -2.12. The van der Waals surface area contributed by atoms with Crippen molar-refractivity contribution in [1.29, 1.82) is 0 Å². The summed E-state index contributed by atoms with van der Waals surface area (Å²) in [7, 11) is 0. The number of rotatable bonds is 6. The van der Waals surface area contributed by atoms with Crippen molar-refractivity contribution in [3.63, 3.8) is 0 Å². The first kappa shape index (κ1) is 21.1. The topological polar surface area (TPSA) is 90.2 Å². The number of pyridine rings is 1. The molecule has 1 aliphatic heterocycles. The smallest absolute Gasteiger partial charge is 0.416 e. The van der Waals surface area contributed by atoms with Crippen LogP contribution in [-0.2, 0) is 16.1 Å². The molecule has 0 bridgehead atoms. The molecule has 4 aromatic rings. The maximum Gasteiger partial charge on any atom is 0.416 e. The Morgan fingerprint density at radius 2 is 1.88 bits per heavy atom. The molecule has 0 N–H and O–H groups in total. The van der Waals surface area contributed by atoms with Crippen LogP contribution in [0, 0.1) is 0 Å². The Morgan fingerprint density at radius 3 is 2.64 bits per heavy atom. The van der Waals surface area contributed by atoms with Gasteiger partial charge in [-0.15, -0.1) is 10.2 Å². The summed E-state index contributed by atoms with van der Waals surface area (Å²) in [5.74, 6) is 0.499. The number of aromatic nitrogens is 4. The summed E-state index contributed by atoms with van der Waals surface area (Å²) < 4.78 is 6.83. The molecule has 8 nitrogen and oxygen atoms in total. The Labute approximate surface area is 194 Å². The molecule has 3 heterocycles. The van der Waals surface area contributed by atoms with E-state index in [1.54, 1.807) is 0 Å². The third-order valence-electron chi connectivity index (χ3n) is 5.45. The molecule has 1 fully saturated rings. The molecule has 166 valence electrons. The highest BCUT2D eigenvalue weighted by Crippen LogP contribution is 2.33. The summed E-state index contributed by atoms with van der Waals surface area (Å²) in [5, 5.41) is 10.4. The number of nitrogens with zero attached hydrogens (tertiary/aromatic N) is 5. The van der Waals surface area contributed by atoms with Crippen molar-refractivity contribution in [3.8, 4) is 22.6 Å². The Hall–Kier alpha value is -3.72. The van der Waals surface area contributed by atoms with Crippen LogP contribution in [0.15, 0.2) is 65.8 Å². The Balaban J connectivity index is 1.52. The van der Waals surface area contributed by atoms with Gasteiger partial charge in [0.2, 0.25) is 5.91 Å². The van der Waals surface area contributed by atoms with Crippen LogP contribution in [0.3, 0.4) is 0 Å². The molecule has 0 spiro atoms. The molecule has 2 amide bonds. The van der Waals surface area contributed by atoms with E-state index in [4.69, 9.17) is 9.72 Å². The van der Waals surface area contributed by atoms with Crippen LogP contribution in [0.5, 0.6) is 0 Å². The average Bonchev–Trinajstić information content (AvgIpc) is 3.48. The second kappa shape index (κ2) is 9.03. The molecular formula is C24H21N5O3S. The second-order valence-electron chi connectivity index (χ2n) is 7.44. The van der Waals surface area contributed by atoms with Crippen LogP contribution in [0.2, 0.25) is 0 Å². The number of hydrogen-bond acceptors (Lipinski definition) is 7. The van der Waals surface area contributed by atoms with Gasteiger partial charge < -0.3 is 9.30 Å². The Bertz CT molecular complexity index is 1340. The second-order valence-corrected chi connectivity index (χ2v) is 8.38. The van der Waals surface area contributed by atoms with Gasteiger partial charge in [0.05, 0.1) is 23.5 Å². The van der Waals surface area contributed by atoms with Gasteiger partial charge in [-0.2, -0.15) is 0 Å². The summed E-state index contributed by atoms with van der Waals surface area (Å²) in [5.41, 5.74) is 3.67. The van der Waals surface area contributed by atoms with Crippen molar-refractivity contribution in [3.05, 3.63) is 60.7 Å². The number of benzene rings is 2. The van der Waals surface area contributed by atoms with E-state index in [0.29, 0.717) is 17.5 Å². The quantitative estimate of drug-likeness (QED) is 0.398. The molecule has 0 saturated carbocycles. The van der Waals surface area contributed by atoms with Crippen LogP contribution < -0.4 is 0 Å². The Kier molecular flexibility index (Phi) is 5.78. The summed E-state index contributed by atoms with van der Waals surface area (Å²) in [6.45, 7) is 3.17. The number of para-hydroxylation sites is 1. The highest BCUT2D eigenvalue weighted by molar-refractivity contribution is 7.99. The molecule has 5 rings (SSSR count). The zero-order chi connectivity index (χ0) is 22.8. The number of ether oxygens (including phenoxy) is 1. The minimum atomic E-state index is -0.588. The van der Waals surface area contributed by atoms with E-state index in [9.17, 15) is 9.59 Å². The van der Waals surface area contributed by atoms with Crippen molar-refractivity contribution in [2.75, 3.05) is 18.9 Å². The number of cyclic esters (lactones) is 1. The van der Waals surface area contributed by atoms with Gasteiger partial charge in [-0.3, -0.25) is 4.79 Å². The fourth-order valence-corrected chi connectivity index (χ4v) is 4.70. The third-order valence-corrected chi connectivity index (χ3v) is 6.40. The van der Waals surface area contributed by atoms with Crippen molar-refractivity contribution in [1.82, 2.24) is 24.6 Å². The lowest BCUT2D eigenvalue weighted by Crippen LogP contribution is -2.33. The first-order valence-corrected chi connectivity index (χ1v) is 11.6. The molecule has 0 aliphatic carbocycles. The number of imide groups is 1. The van der Waals surface area contributed by atoms with E-state index >= 15 is 0 Å². The molecule has 0 radical (unpaired) electrons. The SMILES string of the molecule is CCn1c(SCC(=O)N2CCOC2=O)nnc1-c1cc(-c2ccccc2)nc2ccccc12. The number of hydrogen-bond donors (Lipinski definition) is 0. The van der Waals surface area contributed by atoms with Crippen molar-refractivity contribution < 1.29 is 14.3 Å². The zero-order valence-corrected chi connectivity index (χ0v) is 18.8. The maximum absolute atomic E-state index is 12.4. The van der Waals surface area contributed by atoms with Crippen LogP contribution in [0.25, 0.3) is 33.5 Å². The summed E-state index contributed by atoms with van der Waals surface area (Å²) >= 11 is 1.26.